The van der Waals surface area contributed by atoms with Crippen LogP contribution in [0.5, 0.6) is 0 Å². The topological polar surface area (TPSA) is 67.8 Å². The molecule has 0 bridgehead atoms. The van der Waals surface area contributed by atoms with Gasteiger partial charge in [-0.15, -0.1) is 0 Å². The fourth-order valence-corrected chi connectivity index (χ4v) is 3.04. The van der Waals surface area contributed by atoms with Gasteiger partial charge in [-0.3, -0.25) is 4.90 Å². The first-order valence-electron chi connectivity index (χ1n) is 8.51. The summed E-state index contributed by atoms with van der Waals surface area (Å²) in [5.74, 6) is 0.510. The Bertz CT molecular complexity index is 363. The van der Waals surface area contributed by atoms with E-state index in [0.29, 0.717) is 25.0 Å². The van der Waals surface area contributed by atoms with E-state index in [1.807, 2.05) is 0 Å². The van der Waals surface area contributed by atoms with Crippen molar-refractivity contribution in [3.8, 4) is 0 Å². The zero-order valence-electron chi connectivity index (χ0n) is 14.3. The average Bonchev–Trinajstić information content (AvgIpc) is 3.27. The van der Waals surface area contributed by atoms with Gasteiger partial charge in [0.05, 0.1) is 6.61 Å². The molecule has 6 nitrogen and oxygen atoms in total. The van der Waals surface area contributed by atoms with Crippen LogP contribution in [0.15, 0.2) is 0 Å². The molecule has 1 atom stereocenters. The molecule has 0 aromatic heterocycles. The van der Waals surface area contributed by atoms with Crippen LogP contribution >= 0.6 is 0 Å². The molecular formula is C16H32N4O2. The Labute approximate surface area is 134 Å². The largest absolute Gasteiger partial charge is 0.396 e. The minimum atomic E-state index is -0.112. The monoisotopic (exact) mass is 312 g/mol. The molecule has 1 aliphatic carbocycles. The van der Waals surface area contributed by atoms with Gasteiger partial charge in [0.1, 0.15) is 0 Å². The Morgan fingerprint density at radius 1 is 1.18 bits per heavy atom. The van der Waals surface area contributed by atoms with Crippen LogP contribution in [0.4, 0.5) is 4.79 Å². The summed E-state index contributed by atoms with van der Waals surface area (Å²) in [7, 11) is 2.16. The lowest BCUT2D eigenvalue weighted by atomic mass is 10.0. The number of nitrogens with one attached hydrogen (secondary N) is 2. The second kappa shape index (κ2) is 7.62. The molecule has 2 amide bonds. The fraction of sp³-hybridized carbons (Fsp3) is 0.938. The first kappa shape index (κ1) is 17.5. The third-order valence-corrected chi connectivity index (χ3v) is 5.16. The summed E-state index contributed by atoms with van der Waals surface area (Å²) in [4.78, 5) is 16.8. The van der Waals surface area contributed by atoms with E-state index < -0.39 is 0 Å². The fourth-order valence-electron chi connectivity index (χ4n) is 3.04. The SMILES string of the molecule is CC(C)C(CNC(=O)NCC1(CO)CC1)N1CCN(C)CC1. The van der Waals surface area contributed by atoms with Gasteiger partial charge in [-0.2, -0.15) is 0 Å². The van der Waals surface area contributed by atoms with Gasteiger partial charge in [0, 0.05) is 50.7 Å². The van der Waals surface area contributed by atoms with Crippen LogP contribution in [0.1, 0.15) is 26.7 Å². The molecule has 0 spiro atoms. The quantitative estimate of drug-likeness (QED) is 0.634. The Balaban J connectivity index is 1.73. The lowest BCUT2D eigenvalue weighted by Crippen LogP contribution is -2.55. The van der Waals surface area contributed by atoms with Crippen molar-refractivity contribution in [2.24, 2.45) is 11.3 Å². The predicted molar refractivity (Wildman–Crippen MR) is 87.9 cm³/mol. The van der Waals surface area contributed by atoms with Crippen LogP contribution in [-0.2, 0) is 0 Å². The minimum absolute atomic E-state index is 0.0355. The van der Waals surface area contributed by atoms with Crippen molar-refractivity contribution < 1.29 is 9.90 Å². The summed E-state index contributed by atoms with van der Waals surface area (Å²) in [6.07, 6.45) is 2.03. The molecular weight excluding hydrogens is 280 g/mol. The minimum Gasteiger partial charge on any atom is -0.396 e. The lowest BCUT2D eigenvalue weighted by Gasteiger charge is -2.39. The highest BCUT2D eigenvalue weighted by molar-refractivity contribution is 5.73. The smallest absolute Gasteiger partial charge is 0.314 e. The first-order chi connectivity index (χ1) is 10.5. The number of aliphatic hydroxyl groups is 1. The Hall–Kier alpha value is -0.850. The average molecular weight is 312 g/mol. The van der Waals surface area contributed by atoms with Gasteiger partial charge in [0.15, 0.2) is 0 Å². The second-order valence-electron chi connectivity index (χ2n) is 7.37. The van der Waals surface area contributed by atoms with E-state index in [4.69, 9.17) is 0 Å². The number of amides is 2. The van der Waals surface area contributed by atoms with Gasteiger partial charge in [-0.25, -0.2) is 4.79 Å². The van der Waals surface area contributed by atoms with Crippen molar-refractivity contribution in [2.45, 2.75) is 32.7 Å². The van der Waals surface area contributed by atoms with Crippen LogP contribution in [0.3, 0.4) is 0 Å². The Morgan fingerprint density at radius 2 is 1.82 bits per heavy atom. The van der Waals surface area contributed by atoms with E-state index in [1.54, 1.807) is 0 Å². The molecule has 1 aliphatic heterocycles. The maximum absolute atomic E-state index is 12.0. The third-order valence-electron chi connectivity index (χ3n) is 5.16. The highest BCUT2D eigenvalue weighted by Gasteiger charge is 2.42. The van der Waals surface area contributed by atoms with E-state index in [2.05, 4.69) is 41.3 Å². The summed E-state index contributed by atoms with van der Waals surface area (Å²) in [6, 6.07) is 0.270. The van der Waals surface area contributed by atoms with E-state index >= 15 is 0 Å². The maximum Gasteiger partial charge on any atom is 0.314 e. The molecule has 22 heavy (non-hydrogen) atoms. The number of likely N-dealkylation sites (N-methyl/N-ethyl adjacent to an activating group) is 1. The van der Waals surface area contributed by atoms with Gasteiger partial charge in [-0.05, 0) is 25.8 Å². The standard InChI is InChI=1S/C16H32N4O2/c1-13(2)14(20-8-6-19(3)7-9-20)10-17-15(22)18-11-16(12-21)4-5-16/h13-14,21H,4-12H2,1-3H3,(H2,17,18,22). The van der Waals surface area contributed by atoms with Crippen molar-refractivity contribution in [1.29, 1.82) is 0 Å². The van der Waals surface area contributed by atoms with Gasteiger partial charge in [0.25, 0.3) is 0 Å². The number of carbonyl (C=O) groups is 1. The molecule has 2 rings (SSSR count). The summed E-state index contributed by atoms with van der Waals surface area (Å²) in [6.45, 7) is 10.2. The number of urea groups is 1. The predicted octanol–water partition coefficient (Wildman–Crippen LogP) is 0.330. The summed E-state index contributed by atoms with van der Waals surface area (Å²) in [5.41, 5.74) is -0.0355. The molecule has 0 aromatic carbocycles. The first-order valence-corrected chi connectivity index (χ1v) is 8.51. The number of hydrogen-bond donors (Lipinski definition) is 3. The zero-order chi connectivity index (χ0) is 16.2. The summed E-state index contributed by atoms with van der Waals surface area (Å²) in [5, 5.41) is 15.2. The number of aliphatic hydroxyl groups excluding tert-OH is 1. The molecule has 1 saturated carbocycles. The van der Waals surface area contributed by atoms with Crippen molar-refractivity contribution in [2.75, 3.05) is 52.9 Å². The van der Waals surface area contributed by atoms with Gasteiger partial charge < -0.3 is 20.6 Å². The van der Waals surface area contributed by atoms with Crippen molar-refractivity contribution in [3.05, 3.63) is 0 Å². The Kier molecular flexibility index (Phi) is 6.06. The van der Waals surface area contributed by atoms with Crippen LogP contribution < -0.4 is 10.6 Å². The van der Waals surface area contributed by atoms with Crippen LogP contribution in [0.25, 0.3) is 0 Å². The summed E-state index contributed by atoms with van der Waals surface area (Å²) >= 11 is 0. The van der Waals surface area contributed by atoms with Gasteiger partial charge in [-0.1, -0.05) is 13.8 Å². The molecule has 1 saturated heterocycles. The van der Waals surface area contributed by atoms with Gasteiger partial charge >= 0.3 is 6.03 Å². The molecule has 3 N–H and O–H groups in total. The lowest BCUT2D eigenvalue weighted by molar-refractivity contribution is 0.0886. The third kappa shape index (κ3) is 4.83. The molecule has 2 aliphatic rings. The normalized spacial score (nSPS) is 23.3. The molecule has 2 fully saturated rings. The molecule has 6 heteroatoms. The van der Waals surface area contributed by atoms with Crippen LogP contribution in [0, 0.1) is 11.3 Å². The van der Waals surface area contributed by atoms with E-state index in [-0.39, 0.29) is 18.1 Å². The highest BCUT2D eigenvalue weighted by atomic mass is 16.3. The Morgan fingerprint density at radius 3 is 2.32 bits per heavy atom. The van der Waals surface area contributed by atoms with Crippen molar-refractivity contribution in [3.63, 3.8) is 0 Å². The second-order valence-corrected chi connectivity index (χ2v) is 7.37. The zero-order valence-corrected chi connectivity index (χ0v) is 14.3. The van der Waals surface area contributed by atoms with Crippen LogP contribution in [-0.4, -0.2) is 79.9 Å². The molecule has 1 heterocycles. The van der Waals surface area contributed by atoms with E-state index in [9.17, 15) is 9.90 Å². The molecule has 0 aromatic rings. The number of hydrogen-bond acceptors (Lipinski definition) is 4. The van der Waals surface area contributed by atoms with E-state index in [0.717, 1.165) is 39.0 Å². The number of piperazine rings is 1. The number of nitrogens with zero attached hydrogens (tertiary/aromatic N) is 2. The molecule has 1 unspecified atom stereocenters. The highest BCUT2D eigenvalue weighted by Crippen LogP contribution is 2.44. The number of rotatable bonds is 7. The molecule has 128 valence electrons. The van der Waals surface area contributed by atoms with E-state index in [1.165, 1.54) is 0 Å². The molecule has 0 radical (unpaired) electrons. The van der Waals surface area contributed by atoms with Crippen LogP contribution in [0.2, 0.25) is 0 Å². The summed E-state index contributed by atoms with van der Waals surface area (Å²) < 4.78 is 0. The van der Waals surface area contributed by atoms with Gasteiger partial charge in [0.2, 0.25) is 0 Å². The number of carbonyl (C=O) groups excluding carboxylic acids is 1. The maximum atomic E-state index is 12.0. The van der Waals surface area contributed by atoms with Crippen molar-refractivity contribution >= 4 is 6.03 Å². The van der Waals surface area contributed by atoms with Crippen molar-refractivity contribution in [1.82, 2.24) is 20.4 Å².